The minimum absolute atomic E-state index is 0.00201. The van der Waals surface area contributed by atoms with Crippen LogP contribution in [0.3, 0.4) is 0 Å². The van der Waals surface area contributed by atoms with Crippen LogP contribution in [0.4, 0.5) is 28.4 Å². The number of carboxylic acid groups (broad SMARTS) is 1. The molecule has 0 aromatic heterocycles. The molecule has 34 heavy (non-hydrogen) atoms. The predicted octanol–water partition coefficient (Wildman–Crippen LogP) is 6.69. The number of alkyl halides is 3. The van der Waals surface area contributed by atoms with Crippen molar-refractivity contribution < 1.29 is 32.6 Å². The van der Waals surface area contributed by atoms with Crippen LogP contribution in [0.25, 0.3) is 0 Å². The van der Waals surface area contributed by atoms with Gasteiger partial charge < -0.3 is 15.2 Å². The van der Waals surface area contributed by atoms with Gasteiger partial charge in [0.25, 0.3) is 0 Å². The van der Waals surface area contributed by atoms with Crippen molar-refractivity contribution in [3.63, 3.8) is 0 Å². The molecule has 182 valence electrons. The van der Waals surface area contributed by atoms with Gasteiger partial charge in [0.15, 0.2) is 0 Å². The van der Waals surface area contributed by atoms with Crippen molar-refractivity contribution in [2.75, 3.05) is 11.5 Å². The molecule has 2 N–H and O–H groups in total. The predicted molar refractivity (Wildman–Crippen MR) is 120 cm³/mol. The van der Waals surface area contributed by atoms with Crippen molar-refractivity contribution in [1.82, 2.24) is 5.32 Å². The number of nitrogens with zero attached hydrogens (tertiary/aromatic N) is 1. The lowest BCUT2D eigenvalue weighted by Gasteiger charge is -2.40. The van der Waals surface area contributed by atoms with Crippen molar-refractivity contribution in [2.45, 2.75) is 43.9 Å². The number of rotatable bonds is 5. The van der Waals surface area contributed by atoms with Crippen LogP contribution in [0.1, 0.15) is 42.0 Å². The van der Waals surface area contributed by atoms with E-state index in [9.17, 15) is 27.9 Å². The number of amides is 2. The third kappa shape index (κ3) is 5.52. The summed E-state index contributed by atoms with van der Waals surface area (Å²) in [6, 6.07) is 6.59. The van der Waals surface area contributed by atoms with E-state index in [2.05, 4.69) is 5.32 Å². The van der Waals surface area contributed by atoms with Crippen molar-refractivity contribution in [1.29, 1.82) is 0 Å². The van der Waals surface area contributed by atoms with Gasteiger partial charge in [0.05, 0.1) is 23.9 Å². The highest BCUT2D eigenvalue weighted by molar-refractivity contribution is 6.34. The molecule has 4 rings (SSSR count). The first-order valence-electron chi connectivity index (χ1n) is 10.6. The normalized spacial score (nSPS) is 20.0. The van der Waals surface area contributed by atoms with E-state index in [1.54, 1.807) is 18.2 Å². The maximum atomic E-state index is 13.3. The van der Waals surface area contributed by atoms with Crippen LogP contribution in [-0.2, 0) is 17.3 Å². The summed E-state index contributed by atoms with van der Waals surface area (Å²) in [5, 5.41) is 13.3. The average molecular weight is 517 g/mol. The van der Waals surface area contributed by atoms with E-state index >= 15 is 0 Å². The molecule has 1 heterocycles. The number of halogens is 5. The number of ether oxygens (including phenoxy) is 1. The molecule has 1 saturated carbocycles. The van der Waals surface area contributed by atoms with Crippen LogP contribution in [0, 0.1) is 5.92 Å². The molecule has 2 aliphatic rings. The Bertz CT molecular complexity index is 1090. The highest BCUT2D eigenvalue weighted by Gasteiger charge is 2.45. The highest BCUT2D eigenvalue weighted by Crippen LogP contribution is 2.47. The van der Waals surface area contributed by atoms with Crippen molar-refractivity contribution in [3.8, 4) is 0 Å². The standard InChI is InChI=1S/C23H21Cl2F3N2O4/c24-15-7-12(8-16(25)10-15)5-6-34-21(31)29-18-11-20(13-1-2-13)30(22(32)33)19-4-3-14(9-17(18)19)23(26,27)28/h3-4,7-10,13,18,20H,1-2,5-6,11H2,(H,29,31)(H,32,33). The summed E-state index contributed by atoms with van der Waals surface area (Å²) in [4.78, 5) is 25.6. The Kier molecular flexibility index (Phi) is 6.87. The molecule has 0 saturated heterocycles. The van der Waals surface area contributed by atoms with Crippen LogP contribution in [0.15, 0.2) is 36.4 Å². The van der Waals surface area contributed by atoms with Crippen molar-refractivity contribution >= 4 is 41.1 Å². The zero-order valence-electron chi connectivity index (χ0n) is 17.7. The second kappa shape index (κ2) is 9.54. The molecule has 2 amide bonds. The first-order valence-corrected chi connectivity index (χ1v) is 11.4. The molecule has 2 unspecified atom stereocenters. The number of benzene rings is 2. The molecular weight excluding hydrogens is 496 g/mol. The number of alkyl carbamates (subject to hydrolysis) is 1. The summed E-state index contributed by atoms with van der Waals surface area (Å²) in [7, 11) is 0. The number of fused-ring (bicyclic) bond motifs is 1. The maximum Gasteiger partial charge on any atom is 0.416 e. The van der Waals surface area contributed by atoms with E-state index in [1.165, 1.54) is 0 Å². The van der Waals surface area contributed by atoms with Gasteiger partial charge in [-0.05, 0) is 72.7 Å². The summed E-state index contributed by atoms with van der Waals surface area (Å²) >= 11 is 11.9. The van der Waals surface area contributed by atoms with Crippen LogP contribution >= 0.6 is 23.2 Å². The fourth-order valence-electron chi connectivity index (χ4n) is 4.35. The Labute approximate surface area is 203 Å². The van der Waals surface area contributed by atoms with E-state index < -0.39 is 36.0 Å². The molecule has 1 aliphatic heterocycles. The van der Waals surface area contributed by atoms with Gasteiger partial charge in [0.2, 0.25) is 0 Å². The Morgan fingerprint density at radius 1 is 1.12 bits per heavy atom. The summed E-state index contributed by atoms with van der Waals surface area (Å²) in [5.74, 6) is 0.0967. The van der Waals surface area contributed by atoms with Gasteiger partial charge in [-0.3, -0.25) is 4.90 Å². The van der Waals surface area contributed by atoms with Crippen LogP contribution in [0.5, 0.6) is 0 Å². The molecule has 1 aliphatic carbocycles. The quantitative estimate of drug-likeness (QED) is 0.464. The molecule has 11 heteroatoms. The van der Waals surface area contributed by atoms with Crippen molar-refractivity contribution in [3.05, 3.63) is 63.1 Å². The van der Waals surface area contributed by atoms with E-state index in [-0.39, 0.29) is 30.2 Å². The smallest absolute Gasteiger partial charge is 0.416 e. The number of nitrogens with one attached hydrogen (secondary N) is 1. The highest BCUT2D eigenvalue weighted by atomic mass is 35.5. The second-order valence-corrected chi connectivity index (χ2v) is 9.30. The van der Waals surface area contributed by atoms with Crippen LogP contribution in [0.2, 0.25) is 10.0 Å². The SMILES string of the molecule is O=C(NC1CC(C2CC2)N(C(=O)O)c2ccc(C(F)(F)F)cc21)OCCc1cc(Cl)cc(Cl)c1. The van der Waals surface area contributed by atoms with Crippen LogP contribution in [-0.4, -0.2) is 29.9 Å². The fraction of sp³-hybridized carbons (Fsp3) is 0.391. The minimum atomic E-state index is -4.61. The first kappa shape index (κ1) is 24.5. The first-order chi connectivity index (χ1) is 16.0. The number of hydrogen-bond donors (Lipinski definition) is 2. The number of hydrogen-bond acceptors (Lipinski definition) is 3. The zero-order valence-corrected chi connectivity index (χ0v) is 19.3. The summed E-state index contributed by atoms with van der Waals surface area (Å²) in [6.45, 7) is -0.00201. The third-order valence-electron chi connectivity index (χ3n) is 6.01. The summed E-state index contributed by atoms with van der Waals surface area (Å²) in [5.41, 5.74) is 0.0729. The summed E-state index contributed by atoms with van der Waals surface area (Å²) < 4.78 is 45.3. The number of anilines is 1. The topological polar surface area (TPSA) is 78.9 Å². The summed E-state index contributed by atoms with van der Waals surface area (Å²) in [6.07, 6.45) is -4.51. The Hall–Kier alpha value is -2.65. The lowest BCUT2D eigenvalue weighted by Crippen LogP contribution is -2.48. The monoisotopic (exact) mass is 516 g/mol. The van der Waals surface area contributed by atoms with Gasteiger partial charge in [-0.1, -0.05) is 23.2 Å². The Morgan fingerprint density at radius 3 is 2.38 bits per heavy atom. The second-order valence-electron chi connectivity index (χ2n) is 8.42. The average Bonchev–Trinajstić information content (AvgIpc) is 3.57. The molecule has 6 nitrogen and oxygen atoms in total. The molecular formula is C23H21Cl2F3N2O4. The van der Waals surface area contributed by atoms with E-state index in [0.29, 0.717) is 16.5 Å². The lowest BCUT2D eigenvalue weighted by molar-refractivity contribution is -0.137. The van der Waals surface area contributed by atoms with E-state index in [4.69, 9.17) is 27.9 Å². The molecule has 0 radical (unpaired) electrons. The fourth-order valence-corrected chi connectivity index (χ4v) is 4.92. The molecule has 0 spiro atoms. The Morgan fingerprint density at radius 2 is 1.79 bits per heavy atom. The lowest BCUT2D eigenvalue weighted by atomic mass is 9.88. The molecule has 2 aromatic rings. The largest absolute Gasteiger partial charge is 0.465 e. The van der Waals surface area contributed by atoms with Gasteiger partial charge in [-0.15, -0.1) is 0 Å². The molecule has 1 fully saturated rings. The molecule has 2 atom stereocenters. The molecule has 0 bridgehead atoms. The van der Waals surface area contributed by atoms with E-state index in [0.717, 1.165) is 41.5 Å². The van der Waals surface area contributed by atoms with Crippen molar-refractivity contribution in [2.24, 2.45) is 5.92 Å². The maximum absolute atomic E-state index is 13.3. The van der Waals surface area contributed by atoms with E-state index in [1.807, 2.05) is 0 Å². The molecule has 2 aromatic carbocycles. The number of carbonyl (C=O) groups excluding carboxylic acids is 1. The van der Waals surface area contributed by atoms with Crippen LogP contribution < -0.4 is 10.2 Å². The van der Waals surface area contributed by atoms with Gasteiger partial charge in [-0.25, -0.2) is 9.59 Å². The van der Waals surface area contributed by atoms with Gasteiger partial charge in [-0.2, -0.15) is 13.2 Å². The third-order valence-corrected chi connectivity index (χ3v) is 6.45. The Balaban J connectivity index is 1.52. The number of carbonyl (C=O) groups is 2. The van der Waals surface area contributed by atoms with Gasteiger partial charge in [0, 0.05) is 22.5 Å². The zero-order chi connectivity index (χ0) is 24.6. The van der Waals surface area contributed by atoms with Gasteiger partial charge in [0.1, 0.15) is 0 Å². The minimum Gasteiger partial charge on any atom is -0.465 e. The van der Waals surface area contributed by atoms with Gasteiger partial charge >= 0.3 is 18.4 Å².